The van der Waals surface area contributed by atoms with E-state index < -0.39 is 11.4 Å². The van der Waals surface area contributed by atoms with Gasteiger partial charge < -0.3 is 19.3 Å². The van der Waals surface area contributed by atoms with Crippen molar-refractivity contribution in [3.63, 3.8) is 0 Å². The molecule has 0 radical (unpaired) electrons. The number of ether oxygens (including phenoxy) is 1. The van der Waals surface area contributed by atoms with Crippen molar-refractivity contribution in [2.24, 2.45) is 0 Å². The molecule has 2 aliphatic rings. The van der Waals surface area contributed by atoms with E-state index in [2.05, 4.69) is 16.8 Å². The molecule has 1 aromatic carbocycles. The first-order valence-corrected chi connectivity index (χ1v) is 10.7. The summed E-state index contributed by atoms with van der Waals surface area (Å²) in [5, 5.41) is 10.3. The van der Waals surface area contributed by atoms with Crippen LogP contribution >= 0.6 is 11.6 Å². The van der Waals surface area contributed by atoms with Gasteiger partial charge in [0, 0.05) is 35.9 Å². The highest BCUT2D eigenvalue weighted by Crippen LogP contribution is 2.45. The zero-order chi connectivity index (χ0) is 21.8. The minimum absolute atomic E-state index is 0.145. The molecule has 0 spiro atoms. The zero-order valence-electron chi connectivity index (χ0n) is 17.0. The maximum atomic E-state index is 12.8. The Balaban J connectivity index is 1.53. The van der Waals surface area contributed by atoms with Gasteiger partial charge in [-0.2, -0.15) is 0 Å². The molecule has 1 unspecified atom stereocenters. The topological polar surface area (TPSA) is 84.7 Å². The van der Waals surface area contributed by atoms with Crippen LogP contribution in [0.25, 0.3) is 10.9 Å². The van der Waals surface area contributed by atoms with E-state index in [-0.39, 0.29) is 17.1 Å². The third-order valence-electron chi connectivity index (χ3n) is 6.37. The summed E-state index contributed by atoms with van der Waals surface area (Å²) in [5.74, 6) is -0.643. The smallest absolute Gasteiger partial charge is 0.341 e. The largest absolute Gasteiger partial charge is 0.477 e. The van der Waals surface area contributed by atoms with Crippen LogP contribution in [0.4, 0.5) is 5.69 Å². The van der Waals surface area contributed by atoms with Crippen LogP contribution in [0.3, 0.4) is 0 Å². The Morgan fingerprint density at radius 3 is 2.77 bits per heavy atom. The molecule has 1 saturated carbocycles. The molecule has 2 fully saturated rings. The van der Waals surface area contributed by atoms with Gasteiger partial charge in [0.05, 0.1) is 22.3 Å². The second-order valence-electron chi connectivity index (χ2n) is 8.48. The average Bonchev–Trinajstić information content (AvgIpc) is 3.47. The molecule has 3 heterocycles. The first kappa shape index (κ1) is 19.9. The lowest BCUT2D eigenvalue weighted by atomic mass is 10.0. The molecule has 0 bridgehead atoms. The second-order valence-corrected chi connectivity index (χ2v) is 8.89. The number of pyridine rings is 2. The van der Waals surface area contributed by atoms with Crippen LogP contribution in [0.2, 0.25) is 5.02 Å². The highest BCUT2D eigenvalue weighted by Gasteiger charge is 2.41. The fourth-order valence-corrected chi connectivity index (χ4v) is 4.39. The van der Waals surface area contributed by atoms with Gasteiger partial charge in [0.15, 0.2) is 0 Å². The predicted octanol–water partition coefficient (Wildman–Crippen LogP) is 3.91. The van der Waals surface area contributed by atoms with Gasteiger partial charge in [-0.1, -0.05) is 17.7 Å². The number of carbonyl (C=O) groups is 1. The number of rotatable bonds is 6. The molecule has 1 aliphatic heterocycles. The predicted molar refractivity (Wildman–Crippen MR) is 119 cm³/mol. The van der Waals surface area contributed by atoms with Crippen molar-refractivity contribution in [3.8, 4) is 5.88 Å². The Labute approximate surface area is 183 Å². The van der Waals surface area contributed by atoms with Crippen molar-refractivity contribution >= 4 is 34.2 Å². The van der Waals surface area contributed by atoms with Crippen molar-refractivity contribution in [2.75, 3.05) is 18.1 Å². The molecular formula is C23H22ClN3O4. The second kappa shape index (κ2) is 7.27. The molecule has 1 aliphatic carbocycles. The van der Waals surface area contributed by atoms with Crippen LogP contribution in [-0.4, -0.2) is 39.8 Å². The summed E-state index contributed by atoms with van der Waals surface area (Å²) in [6, 6.07) is 9.21. The van der Waals surface area contributed by atoms with Crippen LogP contribution in [0, 0.1) is 0 Å². The summed E-state index contributed by atoms with van der Waals surface area (Å²) < 4.78 is 7.76. The van der Waals surface area contributed by atoms with Gasteiger partial charge in [0.25, 0.3) is 0 Å². The van der Waals surface area contributed by atoms with Crippen molar-refractivity contribution < 1.29 is 14.6 Å². The molecule has 1 N–H and O–H groups in total. The molecule has 3 aromatic rings. The van der Waals surface area contributed by atoms with E-state index in [0.717, 1.165) is 31.5 Å². The van der Waals surface area contributed by atoms with Gasteiger partial charge >= 0.3 is 5.97 Å². The molecular weight excluding hydrogens is 418 g/mol. The van der Waals surface area contributed by atoms with Gasteiger partial charge in [-0.05, 0) is 44.4 Å². The van der Waals surface area contributed by atoms with Crippen molar-refractivity contribution in [1.82, 2.24) is 9.55 Å². The van der Waals surface area contributed by atoms with E-state index >= 15 is 0 Å². The Morgan fingerprint density at radius 2 is 2.16 bits per heavy atom. The van der Waals surface area contributed by atoms with Crippen LogP contribution in [-0.2, 0) is 5.54 Å². The molecule has 160 valence electrons. The highest BCUT2D eigenvalue weighted by molar-refractivity contribution is 6.34. The number of halogens is 1. The zero-order valence-corrected chi connectivity index (χ0v) is 17.8. The highest BCUT2D eigenvalue weighted by atomic mass is 35.5. The minimum Gasteiger partial charge on any atom is -0.477 e. The number of hydrogen-bond donors (Lipinski definition) is 1. The average molecular weight is 440 g/mol. The summed E-state index contributed by atoms with van der Waals surface area (Å²) in [6.45, 7) is 3.38. The van der Waals surface area contributed by atoms with Crippen LogP contribution in [0.5, 0.6) is 5.88 Å². The summed E-state index contributed by atoms with van der Waals surface area (Å²) >= 11 is 6.59. The van der Waals surface area contributed by atoms with E-state index in [1.54, 1.807) is 12.3 Å². The molecule has 1 atom stereocenters. The number of hydrogen-bond acceptors (Lipinski definition) is 5. The summed E-state index contributed by atoms with van der Waals surface area (Å²) in [6.07, 6.45) is 6.01. The molecule has 7 nitrogen and oxygen atoms in total. The van der Waals surface area contributed by atoms with E-state index in [4.69, 9.17) is 16.3 Å². The monoisotopic (exact) mass is 439 g/mol. The van der Waals surface area contributed by atoms with Crippen molar-refractivity contribution in [1.29, 1.82) is 0 Å². The lowest BCUT2D eigenvalue weighted by molar-refractivity contribution is 0.0694. The summed E-state index contributed by atoms with van der Waals surface area (Å²) in [7, 11) is 0. The molecule has 8 heteroatoms. The quantitative estimate of drug-likeness (QED) is 0.626. The maximum Gasteiger partial charge on any atom is 0.341 e. The first-order valence-electron chi connectivity index (χ1n) is 10.3. The number of carboxylic acids is 1. The Hall–Kier alpha value is -3.06. The summed E-state index contributed by atoms with van der Waals surface area (Å²) in [5.41, 5.74) is 0.629. The number of nitrogens with zero attached hydrogens (tertiary/aromatic N) is 3. The number of fused-ring (bicyclic) bond motifs is 1. The summed E-state index contributed by atoms with van der Waals surface area (Å²) in [4.78, 5) is 30.8. The molecule has 1 saturated heterocycles. The number of anilines is 1. The van der Waals surface area contributed by atoms with E-state index in [1.807, 2.05) is 28.8 Å². The molecule has 5 rings (SSSR count). The van der Waals surface area contributed by atoms with Crippen LogP contribution in [0.15, 0.2) is 47.5 Å². The normalized spacial score (nSPS) is 19.2. The van der Waals surface area contributed by atoms with E-state index in [0.29, 0.717) is 28.4 Å². The van der Waals surface area contributed by atoms with Gasteiger partial charge in [-0.25, -0.2) is 9.78 Å². The Bertz CT molecular complexity index is 1240. The number of benzene rings is 1. The number of carboxylic acid groups (broad SMARTS) is 1. The fourth-order valence-electron chi connectivity index (χ4n) is 4.12. The SMILES string of the molecule is CC1(n2cc(C(=O)O)c(=O)c3cc(Cl)c(N4CCC4COc4ccccn4)cc32)CC1. The van der Waals surface area contributed by atoms with Crippen molar-refractivity contribution in [2.45, 2.75) is 37.8 Å². The first-order chi connectivity index (χ1) is 14.9. The number of aromatic carboxylic acids is 1. The Morgan fingerprint density at radius 1 is 1.35 bits per heavy atom. The van der Waals surface area contributed by atoms with Gasteiger partial charge in [-0.15, -0.1) is 0 Å². The Kier molecular flexibility index (Phi) is 4.66. The minimum atomic E-state index is -1.22. The lowest BCUT2D eigenvalue weighted by Crippen LogP contribution is -2.51. The maximum absolute atomic E-state index is 12.8. The molecule has 31 heavy (non-hydrogen) atoms. The van der Waals surface area contributed by atoms with Crippen molar-refractivity contribution in [3.05, 3.63) is 63.5 Å². The van der Waals surface area contributed by atoms with E-state index in [9.17, 15) is 14.7 Å². The standard InChI is InChI=1S/C23H22ClN3O4/c1-23(6-7-23)27-12-16(22(29)30)21(28)15-10-17(24)19(11-18(15)27)26-9-5-14(26)13-31-20-4-2-3-8-25-20/h2-4,8,10-12,14H,5-7,9,13H2,1H3,(H,29,30). The molecule has 0 amide bonds. The third-order valence-corrected chi connectivity index (χ3v) is 6.68. The van der Waals surface area contributed by atoms with Crippen LogP contribution < -0.4 is 15.1 Å². The van der Waals surface area contributed by atoms with Gasteiger partial charge in [-0.3, -0.25) is 4.79 Å². The third kappa shape index (κ3) is 3.43. The van der Waals surface area contributed by atoms with Gasteiger partial charge in [0.2, 0.25) is 11.3 Å². The molecule has 2 aromatic heterocycles. The van der Waals surface area contributed by atoms with Gasteiger partial charge in [0.1, 0.15) is 12.2 Å². The number of aromatic nitrogens is 2. The lowest BCUT2D eigenvalue weighted by Gasteiger charge is -2.43. The van der Waals surface area contributed by atoms with E-state index in [1.165, 1.54) is 6.20 Å². The fraction of sp³-hybridized carbons (Fsp3) is 0.348. The van der Waals surface area contributed by atoms with Crippen LogP contribution in [0.1, 0.15) is 36.5 Å².